The topological polar surface area (TPSA) is 56.5 Å². The lowest BCUT2D eigenvalue weighted by Gasteiger charge is -2.39. The van der Waals surface area contributed by atoms with Gasteiger partial charge in [0.05, 0.1) is 18.2 Å². The lowest BCUT2D eigenvalue weighted by molar-refractivity contribution is -0.0940. The van der Waals surface area contributed by atoms with Gasteiger partial charge in [0.1, 0.15) is 0 Å². The first-order valence-corrected chi connectivity index (χ1v) is 7.47. The van der Waals surface area contributed by atoms with Crippen LogP contribution in [0, 0.1) is 0 Å². The quantitative estimate of drug-likeness (QED) is 0.304. The molecular formula is C14H30N2O2. The van der Waals surface area contributed by atoms with E-state index in [0.717, 1.165) is 32.5 Å². The lowest BCUT2D eigenvalue weighted by atomic mass is 9.86. The van der Waals surface area contributed by atoms with E-state index in [-0.39, 0.29) is 11.6 Å². The van der Waals surface area contributed by atoms with E-state index in [4.69, 9.17) is 15.3 Å². The molecule has 1 rings (SSSR count). The minimum absolute atomic E-state index is 0.0992. The molecule has 0 aromatic heterocycles. The summed E-state index contributed by atoms with van der Waals surface area (Å²) >= 11 is 0. The van der Waals surface area contributed by atoms with Crippen LogP contribution >= 0.6 is 0 Å². The summed E-state index contributed by atoms with van der Waals surface area (Å²) in [5.41, 5.74) is 2.80. The third-order valence-corrected chi connectivity index (χ3v) is 3.85. The van der Waals surface area contributed by atoms with E-state index < -0.39 is 0 Å². The monoisotopic (exact) mass is 258 g/mol. The zero-order valence-electron chi connectivity index (χ0n) is 12.0. The van der Waals surface area contributed by atoms with Crippen LogP contribution in [0.5, 0.6) is 0 Å². The largest absolute Gasteiger partial charge is 0.380 e. The Morgan fingerprint density at radius 1 is 1.17 bits per heavy atom. The van der Waals surface area contributed by atoms with Gasteiger partial charge in [0.25, 0.3) is 0 Å². The van der Waals surface area contributed by atoms with Gasteiger partial charge in [-0.05, 0) is 26.2 Å². The molecule has 0 radical (unpaired) electrons. The van der Waals surface area contributed by atoms with Crippen LogP contribution in [-0.2, 0) is 9.47 Å². The molecule has 4 heteroatoms. The standard InChI is InChI=1S/C14H30N2O2/c1-3-11-17-12-13(16-15)14(18-4-2)9-7-5-6-8-10-14/h13,16H,3-12,15H2,1-2H3. The minimum atomic E-state index is -0.131. The molecule has 4 nitrogen and oxygen atoms in total. The molecule has 0 aromatic rings. The first-order valence-electron chi connectivity index (χ1n) is 7.47. The van der Waals surface area contributed by atoms with Crippen molar-refractivity contribution in [1.82, 2.24) is 5.43 Å². The highest BCUT2D eigenvalue weighted by Gasteiger charge is 2.39. The van der Waals surface area contributed by atoms with E-state index in [9.17, 15) is 0 Å². The van der Waals surface area contributed by atoms with Crippen LogP contribution in [0.1, 0.15) is 58.8 Å². The molecule has 18 heavy (non-hydrogen) atoms. The van der Waals surface area contributed by atoms with Crippen molar-refractivity contribution in [1.29, 1.82) is 0 Å². The Morgan fingerprint density at radius 3 is 2.33 bits per heavy atom. The molecule has 1 saturated carbocycles. The number of hydrogen-bond acceptors (Lipinski definition) is 4. The zero-order chi connectivity index (χ0) is 13.3. The fourth-order valence-corrected chi connectivity index (χ4v) is 2.91. The van der Waals surface area contributed by atoms with Gasteiger partial charge in [0.15, 0.2) is 0 Å². The average molecular weight is 258 g/mol. The number of nitrogens with two attached hydrogens (primary N) is 1. The normalized spacial score (nSPS) is 21.5. The van der Waals surface area contributed by atoms with E-state index in [1.165, 1.54) is 25.7 Å². The highest BCUT2D eigenvalue weighted by Crippen LogP contribution is 2.33. The molecule has 0 aromatic carbocycles. The molecule has 0 bridgehead atoms. The zero-order valence-corrected chi connectivity index (χ0v) is 12.0. The maximum atomic E-state index is 6.11. The molecule has 1 fully saturated rings. The van der Waals surface area contributed by atoms with Crippen molar-refractivity contribution >= 4 is 0 Å². The number of ether oxygens (including phenoxy) is 2. The van der Waals surface area contributed by atoms with Crippen molar-refractivity contribution in [3.63, 3.8) is 0 Å². The van der Waals surface area contributed by atoms with Gasteiger partial charge in [0.2, 0.25) is 0 Å². The van der Waals surface area contributed by atoms with Crippen LogP contribution in [0.15, 0.2) is 0 Å². The second-order valence-corrected chi connectivity index (χ2v) is 5.21. The third kappa shape index (κ3) is 4.50. The number of rotatable bonds is 8. The Bertz CT molecular complexity index is 204. The van der Waals surface area contributed by atoms with Crippen molar-refractivity contribution in [3.8, 4) is 0 Å². The summed E-state index contributed by atoms with van der Waals surface area (Å²) in [6.45, 7) is 6.36. The fraction of sp³-hybridized carbons (Fsp3) is 1.00. The highest BCUT2D eigenvalue weighted by molar-refractivity contribution is 4.93. The number of nitrogens with one attached hydrogen (secondary N) is 1. The van der Waals surface area contributed by atoms with Crippen molar-refractivity contribution in [2.24, 2.45) is 5.84 Å². The Morgan fingerprint density at radius 2 is 1.83 bits per heavy atom. The van der Waals surface area contributed by atoms with Gasteiger partial charge < -0.3 is 9.47 Å². The Kier molecular flexibility index (Phi) is 7.82. The fourth-order valence-electron chi connectivity index (χ4n) is 2.91. The molecule has 1 atom stereocenters. The van der Waals surface area contributed by atoms with Crippen LogP contribution in [0.3, 0.4) is 0 Å². The molecule has 3 N–H and O–H groups in total. The smallest absolute Gasteiger partial charge is 0.0870 e. The molecule has 1 aliphatic carbocycles. The van der Waals surface area contributed by atoms with Crippen molar-refractivity contribution in [2.75, 3.05) is 19.8 Å². The third-order valence-electron chi connectivity index (χ3n) is 3.85. The summed E-state index contributed by atoms with van der Waals surface area (Å²) in [6.07, 6.45) is 8.29. The molecule has 0 saturated heterocycles. The van der Waals surface area contributed by atoms with Crippen molar-refractivity contribution in [3.05, 3.63) is 0 Å². The summed E-state index contributed by atoms with van der Waals surface area (Å²) in [7, 11) is 0. The first kappa shape index (κ1) is 15.9. The van der Waals surface area contributed by atoms with Gasteiger partial charge in [-0.25, -0.2) is 0 Å². The second kappa shape index (κ2) is 8.86. The van der Waals surface area contributed by atoms with Crippen LogP contribution in [0.4, 0.5) is 0 Å². The van der Waals surface area contributed by atoms with Gasteiger partial charge >= 0.3 is 0 Å². The van der Waals surface area contributed by atoms with E-state index >= 15 is 0 Å². The summed E-state index contributed by atoms with van der Waals surface area (Å²) < 4.78 is 11.8. The molecule has 0 aliphatic heterocycles. The predicted molar refractivity (Wildman–Crippen MR) is 74.3 cm³/mol. The van der Waals surface area contributed by atoms with Crippen LogP contribution < -0.4 is 11.3 Å². The molecule has 1 unspecified atom stereocenters. The Hall–Kier alpha value is -0.160. The molecule has 0 heterocycles. The van der Waals surface area contributed by atoms with E-state index in [0.29, 0.717) is 6.61 Å². The van der Waals surface area contributed by atoms with Gasteiger partial charge in [-0.3, -0.25) is 11.3 Å². The Labute approximate surface area is 112 Å². The average Bonchev–Trinajstić information content (AvgIpc) is 2.62. The predicted octanol–water partition coefficient (Wildman–Crippen LogP) is 2.37. The molecule has 108 valence electrons. The van der Waals surface area contributed by atoms with Crippen LogP contribution in [-0.4, -0.2) is 31.5 Å². The van der Waals surface area contributed by atoms with Gasteiger partial charge in [-0.15, -0.1) is 0 Å². The molecule has 1 aliphatic rings. The summed E-state index contributed by atoms with van der Waals surface area (Å²) in [6, 6.07) is 0.0992. The number of hydrogen-bond donors (Lipinski definition) is 2. The van der Waals surface area contributed by atoms with E-state index in [1.54, 1.807) is 0 Å². The maximum Gasteiger partial charge on any atom is 0.0870 e. The van der Waals surface area contributed by atoms with Crippen molar-refractivity contribution < 1.29 is 9.47 Å². The summed E-state index contributed by atoms with van der Waals surface area (Å²) in [5.74, 6) is 5.74. The van der Waals surface area contributed by atoms with Crippen LogP contribution in [0.25, 0.3) is 0 Å². The first-order chi connectivity index (χ1) is 8.79. The molecular weight excluding hydrogens is 228 g/mol. The second-order valence-electron chi connectivity index (χ2n) is 5.21. The summed E-state index contributed by atoms with van der Waals surface area (Å²) in [4.78, 5) is 0. The molecule has 0 amide bonds. The van der Waals surface area contributed by atoms with E-state index in [1.807, 2.05) is 0 Å². The Balaban J connectivity index is 2.64. The van der Waals surface area contributed by atoms with Gasteiger partial charge in [-0.2, -0.15) is 0 Å². The molecule has 0 spiro atoms. The number of hydrazine groups is 1. The SMILES string of the molecule is CCCOCC(NN)C1(OCC)CCCCCC1. The van der Waals surface area contributed by atoms with Gasteiger partial charge in [-0.1, -0.05) is 32.6 Å². The lowest BCUT2D eigenvalue weighted by Crippen LogP contribution is -2.57. The van der Waals surface area contributed by atoms with E-state index in [2.05, 4.69) is 19.3 Å². The van der Waals surface area contributed by atoms with Crippen LogP contribution in [0.2, 0.25) is 0 Å². The highest BCUT2D eigenvalue weighted by atomic mass is 16.5. The maximum absolute atomic E-state index is 6.11. The van der Waals surface area contributed by atoms with Gasteiger partial charge in [0, 0.05) is 13.2 Å². The summed E-state index contributed by atoms with van der Waals surface area (Å²) in [5, 5.41) is 0. The minimum Gasteiger partial charge on any atom is -0.380 e. The van der Waals surface area contributed by atoms with Crippen molar-refractivity contribution in [2.45, 2.75) is 70.4 Å².